The highest BCUT2D eigenvalue weighted by Crippen LogP contribution is 2.36. The van der Waals surface area contributed by atoms with Crippen LogP contribution in [0, 0.1) is 0 Å². The molecule has 2 aromatic carbocycles. The highest BCUT2D eigenvalue weighted by Gasteiger charge is 2.30. The van der Waals surface area contributed by atoms with Crippen molar-refractivity contribution in [3.8, 4) is 5.75 Å². The van der Waals surface area contributed by atoms with Crippen LogP contribution in [-0.4, -0.2) is 100.0 Å². The van der Waals surface area contributed by atoms with E-state index in [-0.39, 0.29) is 5.75 Å². The molecule has 0 atom stereocenters. The Balaban J connectivity index is 1.14. The number of halogens is 1. The number of nitrogens with one attached hydrogen (secondary N) is 2. The van der Waals surface area contributed by atoms with Crippen LogP contribution in [-0.2, 0) is 10.0 Å². The van der Waals surface area contributed by atoms with E-state index in [9.17, 15) is 8.42 Å². The van der Waals surface area contributed by atoms with E-state index in [1.807, 2.05) is 24.3 Å². The molecule has 0 amide bonds. The second-order valence-electron chi connectivity index (χ2n) is 11.3. The second-order valence-corrected chi connectivity index (χ2v) is 13.8. The molecule has 0 spiro atoms. The molecule has 0 unspecified atom stereocenters. The van der Waals surface area contributed by atoms with Gasteiger partial charge < -0.3 is 25.2 Å². The molecule has 230 valence electrons. The first-order chi connectivity index (χ1) is 20.8. The maximum absolute atomic E-state index is 12.6. The summed E-state index contributed by atoms with van der Waals surface area (Å²) < 4.78 is 32.4. The number of rotatable bonds is 8. The Labute approximate surface area is 258 Å². The summed E-state index contributed by atoms with van der Waals surface area (Å²) in [6.45, 7) is 7.09. The monoisotopic (exact) mass is 626 g/mol. The summed E-state index contributed by atoms with van der Waals surface area (Å²) in [5.74, 6) is 1.52. The Morgan fingerprint density at radius 1 is 0.953 bits per heavy atom. The molecule has 3 aromatic rings. The van der Waals surface area contributed by atoms with E-state index < -0.39 is 10.0 Å². The van der Waals surface area contributed by atoms with Crippen LogP contribution in [0.4, 0.5) is 34.5 Å². The number of likely N-dealkylation sites (N-methyl/N-ethyl adjacent to an activating group) is 1. The zero-order chi connectivity index (χ0) is 30.0. The largest absolute Gasteiger partial charge is 0.494 e. The number of piperazine rings is 1. The predicted octanol–water partition coefficient (Wildman–Crippen LogP) is 4.38. The lowest BCUT2D eigenvalue weighted by Crippen LogP contribution is -2.52. The lowest BCUT2D eigenvalue weighted by molar-refractivity contribution is 0.0982. The minimum Gasteiger partial charge on any atom is -0.494 e. The van der Waals surface area contributed by atoms with Gasteiger partial charge in [0, 0.05) is 63.6 Å². The minimum absolute atomic E-state index is 0.138. The SMILES string of the molecule is COc1cc(N2CCC(N3CCN(C)CC3)CC2)ccc1Nc1ncc(Cl)c(Nc2ccccc2N2CCCS2(=O)=O)n1. The van der Waals surface area contributed by atoms with E-state index in [1.165, 1.54) is 10.5 Å². The highest BCUT2D eigenvalue weighted by molar-refractivity contribution is 7.93. The Hall–Kier alpha value is -3.32. The summed E-state index contributed by atoms with van der Waals surface area (Å²) in [6.07, 6.45) is 4.43. The molecule has 4 heterocycles. The zero-order valence-electron chi connectivity index (χ0n) is 24.7. The maximum atomic E-state index is 12.6. The molecular formula is C30H39ClN8O3S. The lowest BCUT2D eigenvalue weighted by atomic mass is 10.0. The number of nitrogens with zero attached hydrogens (tertiary/aromatic N) is 6. The first-order valence-electron chi connectivity index (χ1n) is 14.8. The van der Waals surface area contributed by atoms with Gasteiger partial charge in [0.1, 0.15) is 10.8 Å². The van der Waals surface area contributed by atoms with Gasteiger partial charge in [0.2, 0.25) is 16.0 Å². The quantitative estimate of drug-likeness (QED) is 0.374. The fourth-order valence-electron chi connectivity index (χ4n) is 6.13. The Bertz CT molecular complexity index is 1540. The number of benzene rings is 2. The van der Waals surface area contributed by atoms with Crippen LogP contribution in [0.5, 0.6) is 5.75 Å². The third-order valence-electron chi connectivity index (χ3n) is 8.58. The number of sulfonamides is 1. The van der Waals surface area contributed by atoms with Crippen LogP contribution >= 0.6 is 11.6 Å². The van der Waals surface area contributed by atoms with Gasteiger partial charge in [-0.1, -0.05) is 23.7 Å². The van der Waals surface area contributed by atoms with E-state index in [4.69, 9.17) is 16.3 Å². The van der Waals surface area contributed by atoms with E-state index in [1.54, 1.807) is 13.2 Å². The summed E-state index contributed by atoms with van der Waals surface area (Å²) in [7, 11) is 0.507. The molecule has 3 saturated heterocycles. The van der Waals surface area contributed by atoms with Crippen molar-refractivity contribution in [2.45, 2.75) is 25.3 Å². The number of aromatic nitrogens is 2. The number of hydrogen-bond donors (Lipinski definition) is 2. The number of ether oxygens (including phenoxy) is 1. The van der Waals surface area contributed by atoms with Crippen molar-refractivity contribution in [3.05, 3.63) is 53.7 Å². The standard InChI is InChI=1S/C30H39ClN8O3S/c1-36-15-17-38(18-16-36)22-10-13-37(14-11-22)23-8-9-26(28(20-23)42-2)34-30-32-21-24(31)29(35-30)33-25-6-3-4-7-27(25)39-12-5-19-43(39,40)41/h3-4,6-9,20-22H,5,10-19H2,1-2H3,(H2,32,33,34,35). The number of piperidine rings is 1. The van der Waals surface area contributed by atoms with Gasteiger partial charge in [-0.2, -0.15) is 4.98 Å². The molecule has 3 aliphatic heterocycles. The average Bonchev–Trinajstić information content (AvgIpc) is 3.38. The van der Waals surface area contributed by atoms with Crippen molar-refractivity contribution in [2.24, 2.45) is 0 Å². The molecule has 13 heteroatoms. The van der Waals surface area contributed by atoms with Crippen molar-refractivity contribution in [3.63, 3.8) is 0 Å². The van der Waals surface area contributed by atoms with Gasteiger partial charge in [-0.25, -0.2) is 13.4 Å². The van der Waals surface area contributed by atoms with Gasteiger partial charge in [0.05, 0.1) is 36.1 Å². The summed E-state index contributed by atoms with van der Waals surface area (Å²) in [4.78, 5) is 16.5. The molecule has 43 heavy (non-hydrogen) atoms. The van der Waals surface area contributed by atoms with Crippen LogP contribution in [0.25, 0.3) is 0 Å². The van der Waals surface area contributed by atoms with Crippen molar-refractivity contribution in [2.75, 3.05) is 85.6 Å². The van der Waals surface area contributed by atoms with Gasteiger partial charge in [-0.3, -0.25) is 9.21 Å². The second kappa shape index (κ2) is 12.7. The number of methoxy groups -OCH3 is 1. The zero-order valence-corrected chi connectivity index (χ0v) is 26.2. The molecule has 2 N–H and O–H groups in total. The molecule has 11 nitrogen and oxygen atoms in total. The summed E-state index contributed by atoms with van der Waals surface area (Å²) in [5, 5.41) is 6.79. The molecule has 3 aliphatic rings. The van der Waals surface area contributed by atoms with E-state index >= 15 is 0 Å². The maximum Gasteiger partial charge on any atom is 0.235 e. The Morgan fingerprint density at radius 2 is 1.72 bits per heavy atom. The predicted molar refractivity (Wildman–Crippen MR) is 173 cm³/mol. The van der Waals surface area contributed by atoms with E-state index in [2.05, 4.69) is 54.5 Å². The first kappa shape index (κ1) is 29.7. The minimum atomic E-state index is -3.35. The van der Waals surface area contributed by atoms with E-state index in [0.717, 1.165) is 63.5 Å². The molecule has 1 aromatic heterocycles. The third-order valence-corrected chi connectivity index (χ3v) is 10.7. The topological polar surface area (TPSA) is 106 Å². The molecular weight excluding hydrogens is 588 g/mol. The Morgan fingerprint density at radius 3 is 2.44 bits per heavy atom. The molecule has 0 saturated carbocycles. The van der Waals surface area contributed by atoms with Crippen LogP contribution in [0.1, 0.15) is 19.3 Å². The first-order valence-corrected chi connectivity index (χ1v) is 16.8. The van der Waals surface area contributed by atoms with E-state index in [0.29, 0.717) is 52.9 Å². The summed E-state index contributed by atoms with van der Waals surface area (Å²) in [5.41, 5.74) is 3.02. The average molecular weight is 627 g/mol. The van der Waals surface area contributed by atoms with Gasteiger partial charge in [0.25, 0.3) is 0 Å². The van der Waals surface area contributed by atoms with Crippen LogP contribution in [0.2, 0.25) is 5.02 Å². The summed E-state index contributed by atoms with van der Waals surface area (Å²) >= 11 is 6.47. The Kier molecular flexibility index (Phi) is 8.80. The normalized spacial score (nSPS) is 19.9. The van der Waals surface area contributed by atoms with Crippen LogP contribution in [0.15, 0.2) is 48.7 Å². The molecule has 6 rings (SSSR count). The van der Waals surface area contributed by atoms with Crippen molar-refractivity contribution in [1.82, 2.24) is 19.8 Å². The lowest BCUT2D eigenvalue weighted by Gasteiger charge is -2.42. The fourth-order valence-corrected chi connectivity index (χ4v) is 7.84. The van der Waals surface area contributed by atoms with Crippen LogP contribution in [0.3, 0.4) is 0 Å². The van der Waals surface area contributed by atoms with Crippen molar-refractivity contribution >= 4 is 56.1 Å². The van der Waals surface area contributed by atoms with Crippen molar-refractivity contribution in [1.29, 1.82) is 0 Å². The highest BCUT2D eigenvalue weighted by atomic mass is 35.5. The van der Waals surface area contributed by atoms with Crippen LogP contribution < -0.4 is 24.6 Å². The number of hydrogen-bond acceptors (Lipinski definition) is 10. The molecule has 0 radical (unpaired) electrons. The smallest absolute Gasteiger partial charge is 0.235 e. The number of anilines is 6. The molecule has 3 fully saturated rings. The summed E-state index contributed by atoms with van der Waals surface area (Å²) in [6, 6.07) is 14.0. The fraction of sp³-hybridized carbons (Fsp3) is 0.467. The third kappa shape index (κ3) is 6.62. The molecule has 0 aliphatic carbocycles. The molecule has 0 bridgehead atoms. The van der Waals surface area contributed by atoms with Gasteiger partial charge >= 0.3 is 0 Å². The van der Waals surface area contributed by atoms with Gasteiger partial charge in [-0.05, 0) is 50.6 Å². The number of para-hydroxylation sites is 2. The van der Waals surface area contributed by atoms with Crippen molar-refractivity contribution < 1.29 is 13.2 Å². The van der Waals surface area contributed by atoms with Gasteiger partial charge in [0.15, 0.2) is 5.82 Å². The van der Waals surface area contributed by atoms with Gasteiger partial charge in [-0.15, -0.1) is 0 Å².